The molecule has 1 saturated heterocycles. The Bertz CT molecular complexity index is 1090. The number of anilines is 2. The van der Waals surface area contributed by atoms with Crippen molar-refractivity contribution < 1.29 is 4.74 Å². The first-order chi connectivity index (χ1) is 16.7. The van der Waals surface area contributed by atoms with Crippen LogP contribution in [0.15, 0.2) is 53.1 Å². The Morgan fingerprint density at radius 3 is 2.76 bits per heavy atom. The number of morpholine rings is 1. The summed E-state index contributed by atoms with van der Waals surface area (Å²) in [5.74, 6) is 2.27. The summed E-state index contributed by atoms with van der Waals surface area (Å²) in [6, 6.07) is 7.63. The van der Waals surface area contributed by atoms with E-state index in [1.807, 2.05) is 61.6 Å². The number of nitrogens with one attached hydrogen (secondary N) is 2. The number of amidine groups is 1. The van der Waals surface area contributed by atoms with Gasteiger partial charge in [0.25, 0.3) is 0 Å². The molecule has 2 aliphatic rings. The molecular weight excluding hydrogens is 450 g/mol. The zero-order chi connectivity index (χ0) is 23.6. The highest BCUT2D eigenvalue weighted by Crippen LogP contribution is 2.15. The summed E-state index contributed by atoms with van der Waals surface area (Å²) in [6.45, 7) is 8.03. The molecule has 8 nitrogen and oxygen atoms in total. The zero-order valence-corrected chi connectivity index (χ0v) is 20.1. The van der Waals surface area contributed by atoms with Crippen LogP contribution in [0.5, 0.6) is 0 Å². The van der Waals surface area contributed by atoms with Gasteiger partial charge in [0, 0.05) is 24.7 Å². The highest BCUT2D eigenvalue weighted by molar-refractivity contribution is 6.30. The highest BCUT2D eigenvalue weighted by Gasteiger charge is 2.12. The Morgan fingerprint density at radius 2 is 1.94 bits per heavy atom. The molecular formula is C25H30ClN7O. The third kappa shape index (κ3) is 7.48. The van der Waals surface area contributed by atoms with Crippen molar-refractivity contribution in [2.45, 2.75) is 13.3 Å². The maximum Gasteiger partial charge on any atom is 0.233 e. The van der Waals surface area contributed by atoms with Gasteiger partial charge in [0.15, 0.2) is 5.82 Å². The molecule has 0 aliphatic carbocycles. The normalized spacial score (nSPS) is 16.8. The maximum atomic E-state index is 6.10. The quantitative estimate of drug-likeness (QED) is 0.522. The van der Waals surface area contributed by atoms with E-state index in [2.05, 4.69) is 35.5 Å². The Balaban J connectivity index is 1.45. The van der Waals surface area contributed by atoms with Gasteiger partial charge in [-0.05, 0) is 55.3 Å². The summed E-state index contributed by atoms with van der Waals surface area (Å²) in [7, 11) is 0. The van der Waals surface area contributed by atoms with Crippen LogP contribution in [0, 0.1) is 0 Å². The molecule has 0 amide bonds. The topological polar surface area (TPSA) is 87.6 Å². The highest BCUT2D eigenvalue weighted by atomic mass is 35.5. The number of nitrogens with zero attached hydrogens (tertiary/aromatic N) is 5. The summed E-state index contributed by atoms with van der Waals surface area (Å²) in [5, 5.41) is 7.25. The molecule has 1 fully saturated rings. The largest absolute Gasteiger partial charge is 0.379 e. The van der Waals surface area contributed by atoms with Crippen molar-refractivity contribution >= 4 is 41.5 Å². The summed E-state index contributed by atoms with van der Waals surface area (Å²) < 4.78 is 5.42. The van der Waals surface area contributed by atoms with Crippen molar-refractivity contribution in [2.24, 2.45) is 4.99 Å². The predicted molar refractivity (Wildman–Crippen MR) is 139 cm³/mol. The van der Waals surface area contributed by atoms with E-state index in [0.717, 1.165) is 62.8 Å². The number of allylic oxidation sites excluding steroid dienone is 1. The first kappa shape index (κ1) is 24.1. The summed E-state index contributed by atoms with van der Waals surface area (Å²) in [6.07, 6.45) is 10.8. The van der Waals surface area contributed by atoms with Crippen LogP contribution in [0.3, 0.4) is 0 Å². The minimum Gasteiger partial charge on any atom is -0.379 e. The van der Waals surface area contributed by atoms with Gasteiger partial charge in [0.2, 0.25) is 11.9 Å². The molecule has 0 bridgehead atoms. The molecule has 4 rings (SSSR count). The van der Waals surface area contributed by atoms with Crippen LogP contribution in [0.2, 0.25) is 5.02 Å². The summed E-state index contributed by atoms with van der Waals surface area (Å²) in [5.41, 5.74) is 2.11. The second-order valence-electron chi connectivity index (χ2n) is 8.01. The lowest BCUT2D eigenvalue weighted by atomic mass is 10.2. The molecule has 0 radical (unpaired) electrons. The molecule has 0 spiro atoms. The number of benzene rings is 1. The second kappa shape index (κ2) is 12.4. The smallest absolute Gasteiger partial charge is 0.233 e. The van der Waals surface area contributed by atoms with E-state index in [9.17, 15) is 0 Å². The number of hydrogen-bond donors (Lipinski definition) is 2. The van der Waals surface area contributed by atoms with Gasteiger partial charge in [-0.25, -0.2) is 0 Å². The van der Waals surface area contributed by atoms with E-state index < -0.39 is 0 Å². The molecule has 2 aliphatic heterocycles. The fourth-order valence-electron chi connectivity index (χ4n) is 3.66. The minimum absolute atomic E-state index is 0.452. The number of ether oxygens (including phenoxy) is 1. The van der Waals surface area contributed by atoms with Crippen LogP contribution >= 0.6 is 11.6 Å². The fraction of sp³-hybridized carbons (Fsp3) is 0.360. The number of aromatic nitrogens is 3. The Morgan fingerprint density at radius 1 is 1.09 bits per heavy atom. The number of aliphatic imine (C=N–C) groups is 1. The molecule has 34 heavy (non-hydrogen) atoms. The Kier molecular flexibility index (Phi) is 8.78. The van der Waals surface area contributed by atoms with E-state index in [0.29, 0.717) is 29.3 Å². The molecule has 0 atom stereocenters. The standard InChI is InChI=1S/C25H30ClN7O/c1-2-5-20-17-23(28-18-20)31-25-30-22(9-8-19-6-3-7-21(26)16-19)29-24(32-25)27-10-4-11-33-12-14-34-15-13-33/h2-3,5-9,16-17H,4,10-15,18H2,1H3,(H2,27,28,29,30,31,32)/b5-2+,9-8+. The zero-order valence-electron chi connectivity index (χ0n) is 19.4. The number of halogens is 1. The molecule has 9 heteroatoms. The lowest BCUT2D eigenvalue weighted by Gasteiger charge is -2.26. The van der Waals surface area contributed by atoms with Gasteiger partial charge in [0.1, 0.15) is 5.84 Å². The van der Waals surface area contributed by atoms with Crippen LogP contribution in [0.1, 0.15) is 24.7 Å². The third-order valence-corrected chi connectivity index (χ3v) is 5.57. The van der Waals surface area contributed by atoms with Crippen molar-refractivity contribution in [1.82, 2.24) is 19.9 Å². The van der Waals surface area contributed by atoms with Crippen LogP contribution in [0.4, 0.5) is 11.9 Å². The van der Waals surface area contributed by atoms with E-state index in [1.54, 1.807) is 0 Å². The van der Waals surface area contributed by atoms with E-state index in [1.165, 1.54) is 0 Å². The van der Waals surface area contributed by atoms with Crippen molar-refractivity contribution in [2.75, 3.05) is 56.6 Å². The first-order valence-electron chi connectivity index (χ1n) is 11.6. The minimum atomic E-state index is 0.452. The van der Waals surface area contributed by atoms with Crippen molar-refractivity contribution in [3.8, 4) is 0 Å². The van der Waals surface area contributed by atoms with Gasteiger partial charge in [-0.3, -0.25) is 9.89 Å². The predicted octanol–water partition coefficient (Wildman–Crippen LogP) is 4.16. The van der Waals surface area contributed by atoms with E-state index >= 15 is 0 Å². The van der Waals surface area contributed by atoms with E-state index in [4.69, 9.17) is 16.3 Å². The number of rotatable bonds is 9. The first-order valence-corrected chi connectivity index (χ1v) is 11.9. The number of hydrogen-bond acceptors (Lipinski definition) is 8. The van der Waals surface area contributed by atoms with Gasteiger partial charge in [-0.15, -0.1) is 0 Å². The lowest BCUT2D eigenvalue weighted by molar-refractivity contribution is 0.0378. The van der Waals surface area contributed by atoms with Gasteiger partial charge < -0.3 is 15.4 Å². The van der Waals surface area contributed by atoms with Gasteiger partial charge >= 0.3 is 0 Å². The lowest BCUT2D eigenvalue weighted by Crippen LogP contribution is -2.37. The average Bonchev–Trinajstić information content (AvgIpc) is 3.28. The molecule has 2 N–H and O–H groups in total. The SMILES string of the molecule is C/C=C/C1=CC(Nc2nc(/C=C/c3cccc(Cl)c3)nc(NCCCN3CCOCC3)n2)=NC1. The molecule has 3 heterocycles. The fourth-order valence-corrected chi connectivity index (χ4v) is 3.86. The molecule has 0 unspecified atom stereocenters. The second-order valence-corrected chi connectivity index (χ2v) is 8.45. The van der Waals surface area contributed by atoms with Crippen LogP contribution in [0.25, 0.3) is 12.2 Å². The molecule has 2 aromatic rings. The molecule has 178 valence electrons. The Hall–Kier alpha value is -3.07. The van der Waals surface area contributed by atoms with Gasteiger partial charge in [-0.1, -0.05) is 42.0 Å². The van der Waals surface area contributed by atoms with Gasteiger partial charge in [-0.2, -0.15) is 15.0 Å². The van der Waals surface area contributed by atoms with Crippen molar-refractivity contribution in [3.05, 3.63) is 64.5 Å². The molecule has 1 aromatic heterocycles. The third-order valence-electron chi connectivity index (χ3n) is 5.34. The Labute approximate surface area is 205 Å². The monoisotopic (exact) mass is 479 g/mol. The molecule has 0 saturated carbocycles. The van der Waals surface area contributed by atoms with E-state index in [-0.39, 0.29) is 0 Å². The van der Waals surface area contributed by atoms with Crippen molar-refractivity contribution in [3.63, 3.8) is 0 Å². The van der Waals surface area contributed by atoms with Crippen LogP contribution < -0.4 is 10.6 Å². The maximum absolute atomic E-state index is 6.10. The summed E-state index contributed by atoms with van der Waals surface area (Å²) >= 11 is 6.10. The van der Waals surface area contributed by atoms with Gasteiger partial charge in [0.05, 0.1) is 19.8 Å². The molecule has 1 aromatic carbocycles. The van der Waals surface area contributed by atoms with Crippen LogP contribution in [-0.4, -0.2) is 71.6 Å². The van der Waals surface area contributed by atoms with Crippen LogP contribution in [-0.2, 0) is 4.74 Å². The average molecular weight is 480 g/mol. The van der Waals surface area contributed by atoms with Crippen molar-refractivity contribution in [1.29, 1.82) is 0 Å². The summed E-state index contributed by atoms with van der Waals surface area (Å²) in [4.78, 5) is 20.6.